The van der Waals surface area contributed by atoms with Gasteiger partial charge in [-0.1, -0.05) is 23.4 Å². The Morgan fingerprint density at radius 2 is 1.88 bits per heavy atom. The highest BCUT2D eigenvalue weighted by atomic mass is 19.1. The molecule has 4 rings (SSSR count). The zero-order chi connectivity index (χ0) is 17.9. The molecule has 26 heavy (non-hydrogen) atoms. The van der Waals surface area contributed by atoms with E-state index in [1.165, 1.54) is 24.3 Å². The molecule has 0 spiro atoms. The largest absolute Gasteiger partial charge is 0.366 e. The molecule has 1 aromatic heterocycles. The topological polar surface area (TPSA) is 68.5 Å². The number of benzene rings is 2. The highest BCUT2D eigenvalue weighted by molar-refractivity contribution is 5.94. The number of aromatic nitrogens is 2. The summed E-state index contributed by atoms with van der Waals surface area (Å²) in [7, 11) is 0. The van der Waals surface area contributed by atoms with Gasteiger partial charge in [-0.05, 0) is 36.4 Å². The summed E-state index contributed by atoms with van der Waals surface area (Å²) in [5, 5.41) is 4.00. The normalized spacial score (nSPS) is 17.3. The average molecular weight is 353 g/mol. The van der Waals surface area contributed by atoms with Crippen LogP contribution in [0.4, 0.5) is 4.39 Å². The number of carbonyl (C=O) groups excluding carboxylic acids is 1. The maximum atomic E-state index is 13.0. The summed E-state index contributed by atoms with van der Waals surface area (Å²) < 4.78 is 24.1. The van der Waals surface area contributed by atoms with Gasteiger partial charge in [-0.25, -0.2) is 4.39 Å². The third-order valence-corrected chi connectivity index (χ3v) is 4.20. The van der Waals surface area contributed by atoms with E-state index in [0.717, 1.165) is 5.56 Å². The number of morpholine rings is 1. The van der Waals surface area contributed by atoms with Gasteiger partial charge in [-0.15, -0.1) is 0 Å². The predicted molar refractivity (Wildman–Crippen MR) is 90.7 cm³/mol. The number of nitrogens with zero attached hydrogens (tertiary/aromatic N) is 3. The van der Waals surface area contributed by atoms with Crippen molar-refractivity contribution < 1.29 is 18.4 Å². The molecule has 0 N–H and O–H groups in total. The number of hydrogen-bond donors (Lipinski definition) is 0. The quantitative estimate of drug-likeness (QED) is 0.724. The van der Waals surface area contributed by atoms with Gasteiger partial charge in [0.2, 0.25) is 5.82 Å². The van der Waals surface area contributed by atoms with Gasteiger partial charge in [0.1, 0.15) is 11.9 Å². The van der Waals surface area contributed by atoms with Crippen molar-refractivity contribution in [2.75, 3.05) is 19.7 Å². The molecule has 0 bridgehead atoms. The summed E-state index contributed by atoms with van der Waals surface area (Å²) in [5.74, 6) is 0.262. The molecule has 132 valence electrons. The molecule has 0 unspecified atom stereocenters. The molecule has 2 heterocycles. The fraction of sp³-hybridized carbons (Fsp3) is 0.211. The Hall–Kier alpha value is -3.06. The van der Waals surface area contributed by atoms with Crippen LogP contribution in [-0.4, -0.2) is 40.6 Å². The second kappa shape index (κ2) is 7.05. The molecule has 0 saturated carbocycles. The van der Waals surface area contributed by atoms with E-state index >= 15 is 0 Å². The monoisotopic (exact) mass is 353 g/mol. The van der Waals surface area contributed by atoms with E-state index in [-0.39, 0.29) is 11.7 Å². The van der Waals surface area contributed by atoms with Crippen LogP contribution in [0, 0.1) is 5.82 Å². The number of amides is 1. The van der Waals surface area contributed by atoms with Gasteiger partial charge in [-0.2, -0.15) is 4.98 Å². The zero-order valence-corrected chi connectivity index (χ0v) is 13.8. The second-order valence-corrected chi connectivity index (χ2v) is 5.94. The van der Waals surface area contributed by atoms with Gasteiger partial charge in [-0.3, -0.25) is 4.79 Å². The lowest BCUT2D eigenvalue weighted by molar-refractivity contribution is -0.0276. The summed E-state index contributed by atoms with van der Waals surface area (Å²) in [5.41, 5.74) is 1.26. The lowest BCUT2D eigenvalue weighted by Gasteiger charge is -2.31. The van der Waals surface area contributed by atoms with Crippen LogP contribution in [0.15, 0.2) is 59.1 Å². The van der Waals surface area contributed by atoms with Gasteiger partial charge in [0.05, 0.1) is 13.2 Å². The Labute approximate surface area is 149 Å². The van der Waals surface area contributed by atoms with Crippen LogP contribution in [0.5, 0.6) is 0 Å². The van der Waals surface area contributed by atoms with Gasteiger partial charge in [0, 0.05) is 17.7 Å². The van der Waals surface area contributed by atoms with E-state index in [1.54, 1.807) is 4.90 Å². The van der Waals surface area contributed by atoms with Crippen molar-refractivity contribution in [3.8, 4) is 11.5 Å². The van der Waals surface area contributed by atoms with Gasteiger partial charge in [0.25, 0.3) is 11.8 Å². The van der Waals surface area contributed by atoms with Gasteiger partial charge in [0.15, 0.2) is 0 Å². The Morgan fingerprint density at radius 1 is 1.12 bits per heavy atom. The maximum Gasteiger partial charge on any atom is 0.258 e. The molecule has 1 fully saturated rings. The van der Waals surface area contributed by atoms with Gasteiger partial charge >= 0.3 is 0 Å². The standard InChI is InChI=1S/C19H16FN3O3/c20-15-8-6-14(7-9-15)19(24)23-10-11-25-16(12-23)17-21-18(26-22-17)13-4-2-1-3-5-13/h1-9,16H,10-12H2/t16-/m0/s1. The van der Waals surface area contributed by atoms with Crippen LogP contribution in [-0.2, 0) is 4.74 Å². The van der Waals surface area contributed by atoms with Crippen molar-refractivity contribution in [1.29, 1.82) is 0 Å². The molecule has 1 amide bonds. The van der Waals surface area contributed by atoms with Crippen molar-refractivity contribution in [2.45, 2.75) is 6.10 Å². The fourth-order valence-corrected chi connectivity index (χ4v) is 2.83. The zero-order valence-electron chi connectivity index (χ0n) is 13.8. The van der Waals surface area contributed by atoms with E-state index in [2.05, 4.69) is 10.1 Å². The van der Waals surface area contributed by atoms with Crippen molar-refractivity contribution in [3.05, 3.63) is 71.8 Å². The number of rotatable bonds is 3. The highest BCUT2D eigenvalue weighted by Gasteiger charge is 2.29. The summed E-state index contributed by atoms with van der Waals surface area (Å²) >= 11 is 0. The molecule has 0 aliphatic carbocycles. The number of ether oxygens (including phenoxy) is 1. The third-order valence-electron chi connectivity index (χ3n) is 4.20. The highest BCUT2D eigenvalue weighted by Crippen LogP contribution is 2.24. The van der Waals surface area contributed by atoms with Crippen molar-refractivity contribution in [2.24, 2.45) is 0 Å². The molecule has 1 aliphatic rings. The van der Waals surface area contributed by atoms with Gasteiger partial charge < -0.3 is 14.2 Å². The van der Waals surface area contributed by atoms with E-state index in [1.807, 2.05) is 30.3 Å². The van der Waals surface area contributed by atoms with E-state index in [0.29, 0.717) is 37.0 Å². The minimum absolute atomic E-state index is 0.176. The molecule has 1 saturated heterocycles. The molecule has 3 aromatic rings. The van der Waals surface area contributed by atoms with E-state index in [9.17, 15) is 9.18 Å². The SMILES string of the molecule is O=C(c1ccc(F)cc1)N1CCO[C@H](c2noc(-c3ccccc3)n2)C1. The molecular weight excluding hydrogens is 337 g/mol. The van der Waals surface area contributed by atoms with Crippen LogP contribution >= 0.6 is 0 Å². The average Bonchev–Trinajstić information content (AvgIpc) is 3.19. The predicted octanol–water partition coefficient (Wildman–Crippen LogP) is 3.09. The Morgan fingerprint density at radius 3 is 2.65 bits per heavy atom. The summed E-state index contributed by atoms with van der Waals surface area (Å²) in [4.78, 5) is 18.6. The minimum atomic E-state index is -0.464. The van der Waals surface area contributed by atoms with Crippen LogP contribution in [0.25, 0.3) is 11.5 Å². The Kier molecular flexibility index (Phi) is 4.45. The van der Waals surface area contributed by atoms with E-state index in [4.69, 9.17) is 9.26 Å². The lowest BCUT2D eigenvalue weighted by atomic mass is 10.1. The first kappa shape index (κ1) is 16.4. The smallest absolute Gasteiger partial charge is 0.258 e. The van der Waals surface area contributed by atoms with E-state index < -0.39 is 6.10 Å². The fourth-order valence-electron chi connectivity index (χ4n) is 2.83. The lowest BCUT2D eigenvalue weighted by Crippen LogP contribution is -2.42. The molecular formula is C19H16FN3O3. The molecule has 1 aliphatic heterocycles. The molecule has 7 heteroatoms. The first-order chi connectivity index (χ1) is 12.7. The van der Waals surface area contributed by atoms with Crippen LogP contribution in [0.3, 0.4) is 0 Å². The first-order valence-corrected chi connectivity index (χ1v) is 8.26. The Bertz CT molecular complexity index is 896. The number of hydrogen-bond acceptors (Lipinski definition) is 5. The van der Waals surface area contributed by atoms with Crippen LogP contribution < -0.4 is 0 Å². The second-order valence-electron chi connectivity index (χ2n) is 5.94. The molecule has 2 aromatic carbocycles. The minimum Gasteiger partial charge on any atom is -0.366 e. The summed E-state index contributed by atoms with van der Waals surface area (Å²) in [6, 6.07) is 14.9. The Balaban J connectivity index is 1.49. The summed E-state index contributed by atoms with van der Waals surface area (Å²) in [6.45, 7) is 1.13. The van der Waals surface area contributed by atoms with Crippen LogP contribution in [0.2, 0.25) is 0 Å². The third kappa shape index (κ3) is 3.34. The first-order valence-electron chi connectivity index (χ1n) is 8.26. The molecule has 0 radical (unpaired) electrons. The van der Waals surface area contributed by atoms with Crippen molar-refractivity contribution in [1.82, 2.24) is 15.0 Å². The van der Waals surface area contributed by atoms with Crippen LogP contribution in [0.1, 0.15) is 22.3 Å². The summed E-state index contributed by atoms with van der Waals surface area (Å²) in [6.07, 6.45) is -0.464. The number of carbonyl (C=O) groups is 1. The van der Waals surface area contributed by atoms with Crippen molar-refractivity contribution >= 4 is 5.91 Å². The molecule has 6 nitrogen and oxygen atoms in total. The number of halogens is 1. The molecule has 1 atom stereocenters. The maximum absolute atomic E-state index is 13.0. The van der Waals surface area contributed by atoms with Crippen molar-refractivity contribution in [3.63, 3.8) is 0 Å².